The second-order valence-corrected chi connectivity index (χ2v) is 5.51. The molecule has 0 aliphatic carbocycles. The minimum absolute atomic E-state index is 0.0997. The first-order valence-corrected chi connectivity index (χ1v) is 7.57. The van der Waals surface area contributed by atoms with Crippen LogP contribution < -0.4 is 0 Å². The van der Waals surface area contributed by atoms with Gasteiger partial charge in [-0.05, 0) is 12.0 Å². The van der Waals surface area contributed by atoms with E-state index in [0.29, 0.717) is 24.2 Å². The van der Waals surface area contributed by atoms with Crippen LogP contribution in [0.15, 0.2) is 60.7 Å². The van der Waals surface area contributed by atoms with E-state index in [1.165, 1.54) is 7.11 Å². The van der Waals surface area contributed by atoms with Gasteiger partial charge in [-0.1, -0.05) is 60.7 Å². The zero-order valence-electron chi connectivity index (χ0n) is 12.9. The lowest BCUT2D eigenvalue weighted by Gasteiger charge is -2.31. The SMILES string of the molecule is COC(=O)[C@@]1(c2ccccc2)OCC[C@@H]1C(=O)c1ccccc1. The summed E-state index contributed by atoms with van der Waals surface area (Å²) in [6.45, 7) is 0.341. The van der Waals surface area contributed by atoms with E-state index in [1.54, 1.807) is 24.3 Å². The van der Waals surface area contributed by atoms with E-state index in [-0.39, 0.29) is 5.78 Å². The van der Waals surface area contributed by atoms with Gasteiger partial charge < -0.3 is 9.47 Å². The Morgan fingerprint density at radius 3 is 2.26 bits per heavy atom. The lowest BCUT2D eigenvalue weighted by molar-refractivity contribution is -0.168. The molecule has 4 nitrogen and oxygen atoms in total. The maximum atomic E-state index is 13.0. The Bertz CT molecular complexity index is 696. The van der Waals surface area contributed by atoms with Crippen LogP contribution in [0.3, 0.4) is 0 Å². The molecule has 0 N–H and O–H groups in total. The maximum Gasteiger partial charge on any atom is 0.343 e. The molecule has 1 aliphatic heterocycles. The molecule has 0 amide bonds. The van der Waals surface area contributed by atoms with Gasteiger partial charge in [-0.2, -0.15) is 0 Å². The molecule has 0 unspecified atom stereocenters. The molecule has 1 saturated heterocycles. The molecule has 118 valence electrons. The third-order valence-corrected chi connectivity index (χ3v) is 4.29. The van der Waals surface area contributed by atoms with Gasteiger partial charge in [0.1, 0.15) is 0 Å². The van der Waals surface area contributed by atoms with E-state index < -0.39 is 17.5 Å². The summed E-state index contributed by atoms with van der Waals surface area (Å²) in [6, 6.07) is 18.1. The van der Waals surface area contributed by atoms with E-state index in [1.807, 2.05) is 36.4 Å². The minimum atomic E-state index is -1.37. The fourth-order valence-electron chi connectivity index (χ4n) is 3.20. The zero-order chi connectivity index (χ0) is 16.3. The Labute approximate surface area is 135 Å². The number of rotatable bonds is 4. The fraction of sp³-hybridized carbons (Fsp3) is 0.263. The smallest absolute Gasteiger partial charge is 0.343 e. The predicted molar refractivity (Wildman–Crippen MR) is 85.0 cm³/mol. The Morgan fingerprint density at radius 1 is 1.04 bits per heavy atom. The van der Waals surface area contributed by atoms with Crippen LogP contribution in [0.5, 0.6) is 0 Å². The first-order valence-electron chi connectivity index (χ1n) is 7.57. The number of benzene rings is 2. The number of Topliss-reactive ketones (excluding diaryl/α,β-unsaturated/α-hetero) is 1. The van der Waals surface area contributed by atoms with Crippen LogP contribution in [-0.2, 0) is 19.9 Å². The minimum Gasteiger partial charge on any atom is -0.467 e. The third kappa shape index (κ3) is 2.55. The number of methoxy groups -OCH3 is 1. The van der Waals surface area contributed by atoms with Gasteiger partial charge in [0.25, 0.3) is 0 Å². The Hall–Kier alpha value is -2.46. The van der Waals surface area contributed by atoms with Crippen molar-refractivity contribution in [3.05, 3.63) is 71.8 Å². The molecule has 0 aromatic heterocycles. The molecule has 1 aliphatic rings. The van der Waals surface area contributed by atoms with Crippen molar-refractivity contribution in [1.29, 1.82) is 0 Å². The average Bonchev–Trinajstić information content (AvgIpc) is 3.08. The maximum absolute atomic E-state index is 13.0. The molecule has 2 aromatic rings. The van der Waals surface area contributed by atoms with Gasteiger partial charge in [0.15, 0.2) is 11.4 Å². The van der Waals surface area contributed by atoms with E-state index >= 15 is 0 Å². The summed E-state index contributed by atoms with van der Waals surface area (Å²) in [5.41, 5.74) is -0.144. The lowest BCUT2D eigenvalue weighted by atomic mass is 9.77. The first kappa shape index (κ1) is 15.4. The summed E-state index contributed by atoms with van der Waals surface area (Å²) in [5.74, 6) is -1.23. The highest BCUT2D eigenvalue weighted by Gasteiger charge is 2.56. The molecule has 0 spiro atoms. The topological polar surface area (TPSA) is 52.6 Å². The van der Waals surface area contributed by atoms with Crippen LogP contribution in [-0.4, -0.2) is 25.5 Å². The normalized spacial score (nSPS) is 23.4. The van der Waals surface area contributed by atoms with Gasteiger partial charge in [0.2, 0.25) is 0 Å². The Kier molecular flexibility index (Phi) is 4.26. The third-order valence-electron chi connectivity index (χ3n) is 4.29. The zero-order valence-corrected chi connectivity index (χ0v) is 12.9. The molecule has 1 heterocycles. The highest BCUT2D eigenvalue weighted by Crippen LogP contribution is 2.43. The summed E-state index contributed by atoms with van der Waals surface area (Å²) in [6.07, 6.45) is 0.484. The van der Waals surface area contributed by atoms with Crippen LogP contribution >= 0.6 is 0 Å². The summed E-state index contributed by atoms with van der Waals surface area (Å²) < 4.78 is 10.8. The van der Waals surface area contributed by atoms with Crippen molar-refractivity contribution in [2.45, 2.75) is 12.0 Å². The number of ketones is 1. The van der Waals surface area contributed by atoms with Crippen molar-refractivity contribution >= 4 is 11.8 Å². The van der Waals surface area contributed by atoms with Crippen LogP contribution in [0.4, 0.5) is 0 Å². The Morgan fingerprint density at radius 2 is 1.65 bits per heavy atom. The average molecular weight is 310 g/mol. The molecule has 4 heteroatoms. The van der Waals surface area contributed by atoms with Gasteiger partial charge in [-0.25, -0.2) is 4.79 Å². The van der Waals surface area contributed by atoms with Crippen molar-refractivity contribution in [2.24, 2.45) is 5.92 Å². The van der Waals surface area contributed by atoms with Crippen molar-refractivity contribution in [1.82, 2.24) is 0 Å². The Balaban J connectivity index is 2.08. The molecule has 2 atom stereocenters. The molecule has 0 bridgehead atoms. The number of esters is 1. The van der Waals surface area contributed by atoms with Crippen molar-refractivity contribution in [3.63, 3.8) is 0 Å². The van der Waals surface area contributed by atoms with Crippen LogP contribution in [0.2, 0.25) is 0 Å². The molecule has 2 aromatic carbocycles. The summed E-state index contributed by atoms with van der Waals surface area (Å²) in [4.78, 5) is 25.6. The number of carbonyl (C=O) groups excluding carboxylic acids is 2. The van der Waals surface area contributed by atoms with Crippen molar-refractivity contribution in [2.75, 3.05) is 13.7 Å². The highest BCUT2D eigenvalue weighted by molar-refractivity contribution is 6.02. The summed E-state index contributed by atoms with van der Waals surface area (Å²) in [5, 5.41) is 0. The van der Waals surface area contributed by atoms with Gasteiger partial charge in [-0.15, -0.1) is 0 Å². The molecular weight excluding hydrogens is 292 g/mol. The van der Waals surface area contributed by atoms with Gasteiger partial charge in [0.05, 0.1) is 13.0 Å². The van der Waals surface area contributed by atoms with Crippen LogP contribution in [0.1, 0.15) is 22.3 Å². The second kappa shape index (κ2) is 6.34. The van der Waals surface area contributed by atoms with E-state index in [2.05, 4.69) is 0 Å². The van der Waals surface area contributed by atoms with Gasteiger partial charge >= 0.3 is 5.97 Å². The predicted octanol–water partition coefficient (Wildman–Crippen LogP) is 2.97. The van der Waals surface area contributed by atoms with Crippen LogP contribution in [0, 0.1) is 5.92 Å². The largest absolute Gasteiger partial charge is 0.467 e. The molecule has 0 radical (unpaired) electrons. The van der Waals surface area contributed by atoms with Crippen molar-refractivity contribution < 1.29 is 19.1 Å². The molecule has 23 heavy (non-hydrogen) atoms. The summed E-state index contributed by atoms with van der Waals surface area (Å²) in [7, 11) is 1.32. The number of carbonyl (C=O) groups is 2. The molecule has 1 fully saturated rings. The van der Waals surface area contributed by atoms with E-state index in [0.717, 1.165) is 0 Å². The molecular formula is C19H18O4. The molecule has 0 saturated carbocycles. The number of ether oxygens (including phenoxy) is 2. The van der Waals surface area contributed by atoms with E-state index in [4.69, 9.17) is 9.47 Å². The summed E-state index contributed by atoms with van der Waals surface area (Å²) >= 11 is 0. The quantitative estimate of drug-likeness (QED) is 0.643. The number of hydrogen-bond donors (Lipinski definition) is 0. The monoisotopic (exact) mass is 310 g/mol. The first-order chi connectivity index (χ1) is 11.2. The van der Waals surface area contributed by atoms with Gasteiger partial charge in [-0.3, -0.25) is 4.79 Å². The van der Waals surface area contributed by atoms with Gasteiger partial charge in [0, 0.05) is 12.2 Å². The fourth-order valence-corrected chi connectivity index (χ4v) is 3.20. The lowest BCUT2D eigenvalue weighted by Crippen LogP contribution is -2.45. The molecule has 3 rings (SSSR count). The van der Waals surface area contributed by atoms with Crippen molar-refractivity contribution in [3.8, 4) is 0 Å². The highest BCUT2D eigenvalue weighted by atomic mass is 16.6. The van der Waals surface area contributed by atoms with Crippen LogP contribution in [0.25, 0.3) is 0 Å². The number of hydrogen-bond acceptors (Lipinski definition) is 4. The second-order valence-electron chi connectivity index (χ2n) is 5.51. The van der Waals surface area contributed by atoms with E-state index in [9.17, 15) is 9.59 Å². The standard InChI is InChI=1S/C19H18O4/c1-22-18(21)19(15-10-6-3-7-11-15)16(12-13-23-19)17(20)14-8-4-2-5-9-14/h2-11,16H,12-13H2,1H3/t16-,19+/m1/s1.